The Labute approximate surface area is 191 Å². The van der Waals surface area contributed by atoms with E-state index < -0.39 is 0 Å². The van der Waals surface area contributed by atoms with E-state index in [4.69, 9.17) is 11.6 Å². The van der Waals surface area contributed by atoms with E-state index in [1.165, 1.54) is 10.5 Å². The number of carbonyl (C=O) groups is 1. The minimum absolute atomic E-state index is 0.157. The van der Waals surface area contributed by atoms with E-state index in [0.717, 1.165) is 22.4 Å². The lowest BCUT2D eigenvalue weighted by molar-refractivity contribution is 0.0950. The second-order valence-corrected chi connectivity index (χ2v) is 8.31. The first kappa shape index (κ1) is 21.2. The topological polar surface area (TPSA) is 42.0 Å². The van der Waals surface area contributed by atoms with Gasteiger partial charge in [0, 0.05) is 28.2 Å². The number of amides is 1. The molecule has 3 aromatic carbocycles. The Bertz CT molecular complexity index is 1170. The zero-order valence-electron chi connectivity index (χ0n) is 17.0. The summed E-state index contributed by atoms with van der Waals surface area (Å²) in [4.78, 5) is 18.1. The fourth-order valence-electron chi connectivity index (χ4n) is 3.24. The molecular formula is C26H21ClN2OS. The van der Waals surface area contributed by atoms with E-state index >= 15 is 0 Å². The first-order chi connectivity index (χ1) is 15.1. The second kappa shape index (κ2) is 9.82. The number of carbonyl (C=O) groups excluding carboxylic acids is 1. The summed E-state index contributed by atoms with van der Waals surface area (Å²) in [6, 6.07) is 27.8. The predicted octanol–water partition coefficient (Wildman–Crippen LogP) is 6.72. The molecule has 0 aliphatic heterocycles. The standard InChI is InChI=1S/C26H21ClN2OS/c1-31-22-13-10-20(11-14-22)19-8-6-18(7-9-19)16-29-26(30)21-12-15-25(28-17-21)23-4-2-3-5-24(23)27/h2-15,17H,16H2,1H3,(H,29,30). The summed E-state index contributed by atoms with van der Waals surface area (Å²) in [5.41, 5.74) is 5.47. The number of aromatic nitrogens is 1. The van der Waals surface area contributed by atoms with Crippen LogP contribution in [0.25, 0.3) is 22.4 Å². The molecule has 0 fully saturated rings. The number of hydrogen-bond donors (Lipinski definition) is 1. The number of halogens is 1. The minimum atomic E-state index is -0.157. The number of nitrogens with zero attached hydrogens (tertiary/aromatic N) is 1. The van der Waals surface area contributed by atoms with Crippen LogP contribution in [0.4, 0.5) is 0 Å². The van der Waals surface area contributed by atoms with Crippen molar-refractivity contribution >= 4 is 29.3 Å². The van der Waals surface area contributed by atoms with Crippen LogP contribution < -0.4 is 5.32 Å². The summed E-state index contributed by atoms with van der Waals surface area (Å²) in [5, 5.41) is 3.59. The van der Waals surface area contributed by atoms with E-state index in [0.29, 0.717) is 17.1 Å². The molecule has 5 heteroatoms. The van der Waals surface area contributed by atoms with Crippen LogP contribution in [0.5, 0.6) is 0 Å². The third-order valence-corrected chi connectivity index (χ3v) is 6.08. The highest BCUT2D eigenvalue weighted by Gasteiger charge is 2.09. The van der Waals surface area contributed by atoms with Crippen molar-refractivity contribution in [2.75, 3.05) is 6.26 Å². The molecule has 4 rings (SSSR count). The van der Waals surface area contributed by atoms with Gasteiger partial charge in [-0.3, -0.25) is 9.78 Å². The van der Waals surface area contributed by atoms with E-state index in [1.807, 2.05) is 42.5 Å². The van der Waals surface area contributed by atoms with Crippen molar-refractivity contribution < 1.29 is 4.79 Å². The molecule has 0 saturated heterocycles. The Balaban J connectivity index is 1.37. The molecule has 1 amide bonds. The normalized spacial score (nSPS) is 10.6. The van der Waals surface area contributed by atoms with Crippen LogP contribution >= 0.6 is 23.4 Å². The number of nitrogens with one attached hydrogen (secondary N) is 1. The minimum Gasteiger partial charge on any atom is -0.348 e. The lowest BCUT2D eigenvalue weighted by Gasteiger charge is -2.08. The first-order valence-electron chi connectivity index (χ1n) is 9.86. The third kappa shape index (κ3) is 5.16. The summed E-state index contributed by atoms with van der Waals surface area (Å²) in [6.45, 7) is 0.455. The molecule has 0 spiro atoms. The Hall–Kier alpha value is -3.08. The maximum atomic E-state index is 12.5. The summed E-state index contributed by atoms with van der Waals surface area (Å²) >= 11 is 7.95. The highest BCUT2D eigenvalue weighted by atomic mass is 35.5. The van der Waals surface area contributed by atoms with Gasteiger partial charge in [-0.15, -0.1) is 11.8 Å². The van der Waals surface area contributed by atoms with Gasteiger partial charge < -0.3 is 5.32 Å². The maximum Gasteiger partial charge on any atom is 0.253 e. The van der Waals surface area contributed by atoms with Crippen molar-refractivity contribution in [2.24, 2.45) is 0 Å². The van der Waals surface area contributed by atoms with Gasteiger partial charge in [0.25, 0.3) is 5.91 Å². The predicted molar refractivity (Wildman–Crippen MR) is 130 cm³/mol. The number of hydrogen-bond acceptors (Lipinski definition) is 3. The molecule has 0 atom stereocenters. The largest absolute Gasteiger partial charge is 0.348 e. The highest BCUT2D eigenvalue weighted by molar-refractivity contribution is 7.98. The van der Waals surface area contributed by atoms with Crippen molar-refractivity contribution in [1.82, 2.24) is 10.3 Å². The third-order valence-electron chi connectivity index (χ3n) is 5.01. The summed E-state index contributed by atoms with van der Waals surface area (Å²) < 4.78 is 0. The van der Waals surface area contributed by atoms with Gasteiger partial charge in [-0.25, -0.2) is 0 Å². The van der Waals surface area contributed by atoms with Crippen LogP contribution in [0.2, 0.25) is 5.02 Å². The number of pyridine rings is 1. The van der Waals surface area contributed by atoms with Crippen molar-refractivity contribution in [3.05, 3.63) is 107 Å². The highest BCUT2D eigenvalue weighted by Crippen LogP contribution is 2.26. The van der Waals surface area contributed by atoms with Crippen molar-refractivity contribution in [1.29, 1.82) is 0 Å². The molecular weight excluding hydrogens is 424 g/mol. The molecule has 1 aromatic heterocycles. The smallest absolute Gasteiger partial charge is 0.253 e. The molecule has 3 nitrogen and oxygen atoms in total. The van der Waals surface area contributed by atoms with Gasteiger partial charge in [0.2, 0.25) is 0 Å². The molecule has 4 aromatic rings. The molecule has 154 valence electrons. The Morgan fingerprint density at radius 2 is 1.58 bits per heavy atom. The van der Waals surface area contributed by atoms with Crippen LogP contribution in [0.1, 0.15) is 15.9 Å². The quantitative estimate of drug-likeness (QED) is 0.335. The molecule has 0 radical (unpaired) electrons. The van der Waals surface area contributed by atoms with Crippen LogP contribution in [0.15, 0.2) is 96.0 Å². The molecule has 0 aliphatic rings. The van der Waals surface area contributed by atoms with Gasteiger partial charge in [-0.05, 0) is 53.3 Å². The zero-order chi connectivity index (χ0) is 21.6. The van der Waals surface area contributed by atoms with Crippen LogP contribution in [-0.4, -0.2) is 17.1 Å². The van der Waals surface area contributed by atoms with E-state index in [2.05, 4.69) is 53.0 Å². The molecule has 0 aliphatic carbocycles. The maximum absolute atomic E-state index is 12.5. The van der Waals surface area contributed by atoms with Crippen LogP contribution in [-0.2, 0) is 6.54 Å². The van der Waals surface area contributed by atoms with Gasteiger partial charge in [0.05, 0.1) is 11.3 Å². The molecule has 1 N–H and O–H groups in total. The molecule has 0 bridgehead atoms. The molecule has 0 unspecified atom stereocenters. The number of rotatable bonds is 6. The average molecular weight is 445 g/mol. The summed E-state index contributed by atoms with van der Waals surface area (Å²) in [7, 11) is 0. The van der Waals surface area contributed by atoms with E-state index in [-0.39, 0.29) is 5.91 Å². The van der Waals surface area contributed by atoms with Crippen molar-refractivity contribution in [2.45, 2.75) is 11.4 Å². The Kier molecular flexibility index (Phi) is 6.70. The monoisotopic (exact) mass is 444 g/mol. The second-order valence-electron chi connectivity index (χ2n) is 7.02. The Morgan fingerprint density at radius 3 is 2.19 bits per heavy atom. The van der Waals surface area contributed by atoms with Crippen LogP contribution in [0, 0.1) is 0 Å². The fourth-order valence-corrected chi connectivity index (χ4v) is 3.88. The zero-order valence-corrected chi connectivity index (χ0v) is 18.6. The SMILES string of the molecule is CSc1ccc(-c2ccc(CNC(=O)c3ccc(-c4ccccc4Cl)nc3)cc2)cc1. The lowest BCUT2D eigenvalue weighted by atomic mass is 10.0. The van der Waals surface area contributed by atoms with Gasteiger partial charge in [-0.2, -0.15) is 0 Å². The van der Waals surface area contributed by atoms with Crippen molar-refractivity contribution in [3.8, 4) is 22.4 Å². The lowest BCUT2D eigenvalue weighted by Crippen LogP contribution is -2.22. The Morgan fingerprint density at radius 1 is 0.903 bits per heavy atom. The van der Waals surface area contributed by atoms with Gasteiger partial charge in [-0.1, -0.05) is 66.2 Å². The number of thioether (sulfide) groups is 1. The van der Waals surface area contributed by atoms with Gasteiger partial charge >= 0.3 is 0 Å². The summed E-state index contributed by atoms with van der Waals surface area (Å²) in [6.07, 6.45) is 3.65. The van der Waals surface area contributed by atoms with Crippen LogP contribution in [0.3, 0.4) is 0 Å². The molecule has 31 heavy (non-hydrogen) atoms. The van der Waals surface area contributed by atoms with Gasteiger partial charge in [0.1, 0.15) is 0 Å². The van der Waals surface area contributed by atoms with E-state index in [9.17, 15) is 4.79 Å². The fraction of sp³-hybridized carbons (Fsp3) is 0.0769. The van der Waals surface area contributed by atoms with Gasteiger partial charge in [0.15, 0.2) is 0 Å². The van der Waals surface area contributed by atoms with E-state index in [1.54, 1.807) is 24.0 Å². The summed E-state index contributed by atoms with van der Waals surface area (Å²) in [5.74, 6) is -0.157. The van der Waals surface area contributed by atoms with Crippen molar-refractivity contribution in [3.63, 3.8) is 0 Å². The molecule has 0 saturated carbocycles. The molecule has 1 heterocycles. The average Bonchev–Trinajstić information content (AvgIpc) is 2.83. The number of benzene rings is 3. The first-order valence-corrected chi connectivity index (χ1v) is 11.5.